The van der Waals surface area contributed by atoms with E-state index in [0.29, 0.717) is 27.3 Å². The molecular formula is C23H19BrN4O4. The number of carbonyl (C=O) groups excluding carboxylic acids is 3. The van der Waals surface area contributed by atoms with Gasteiger partial charge < -0.3 is 10.1 Å². The summed E-state index contributed by atoms with van der Waals surface area (Å²) in [6.45, 7) is 3.74. The molecule has 2 heterocycles. The molecule has 1 aliphatic rings. The van der Waals surface area contributed by atoms with Gasteiger partial charge in [0.1, 0.15) is 5.75 Å². The quantitative estimate of drug-likeness (QED) is 0.311. The first kappa shape index (κ1) is 21.6. The highest BCUT2D eigenvalue weighted by atomic mass is 79.9. The molecule has 0 fully saturated rings. The van der Waals surface area contributed by atoms with Crippen molar-refractivity contribution in [1.29, 1.82) is 0 Å². The van der Waals surface area contributed by atoms with Crippen LogP contribution in [0.2, 0.25) is 0 Å². The van der Waals surface area contributed by atoms with E-state index in [1.54, 1.807) is 42.5 Å². The lowest BCUT2D eigenvalue weighted by Gasteiger charge is -2.13. The molecule has 3 aromatic rings. The number of imide groups is 1. The Labute approximate surface area is 192 Å². The van der Waals surface area contributed by atoms with Gasteiger partial charge in [0.25, 0.3) is 11.8 Å². The largest absolute Gasteiger partial charge is 0.426 e. The van der Waals surface area contributed by atoms with Gasteiger partial charge in [0.15, 0.2) is 0 Å². The molecule has 162 valence electrons. The molecule has 8 nitrogen and oxygen atoms in total. The first-order valence-electron chi connectivity index (χ1n) is 9.86. The van der Waals surface area contributed by atoms with E-state index in [1.165, 1.54) is 0 Å². The normalized spacial score (nSPS) is 12.7. The lowest BCUT2D eigenvalue weighted by atomic mass is 10.1. The fourth-order valence-corrected chi connectivity index (χ4v) is 3.73. The molecule has 0 radical (unpaired) electrons. The standard InChI is InChI=1S/C23H19BrN4O4/c1-13-11-14(2)26-23(25-13)27-16-4-6-17(7-5-16)32-20(29)9-10-28-21(30)18-8-3-15(24)12-19(18)22(28)31/h3-8,11-12H,9-10H2,1-2H3,(H,25,26,27). The highest BCUT2D eigenvalue weighted by Gasteiger charge is 2.35. The third kappa shape index (κ3) is 4.67. The van der Waals surface area contributed by atoms with E-state index in [1.807, 2.05) is 19.9 Å². The van der Waals surface area contributed by atoms with E-state index in [4.69, 9.17) is 4.74 Å². The number of amides is 2. The summed E-state index contributed by atoms with van der Waals surface area (Å²) in [4.78, 5) is 46.9. The number of halogens is 1. The second-order valence-corrected chi connectivity index (χ2v) is 8.22. The average molecular weight is 495 g/mol. The van der Waals surface area contributed by atoms with Crippen molar-refractivity contribution in [3.63, 3.8) is 0 Å². The molecule has 2 aromatic carbocycles. The number of nitrogens with zero attached hydrogens (tertiary/aromatic N) is 3. The zero-order valence-electron chi connectivity index (χ0n) is 17.4. The third-order valence-corrected chi connectivity index (χ3v) is 5.29. The lowest BCUT2D eigenvalue weighted by Crippen LogP contribution is -2.32. The van der Waals surface area contributed by atoms with E-state index < -0.39 is 17.8 Å². The minimum Gasteiger partial charge on any atom is -0.426 e. The van der Waals surface area contributed by atoms with Crippen LogP contribution in [0, 0.1) is 13.8 Å². The second kappa shape index (κ2) is 8.88. The van der Waals surface area contributed by atoms with Crippen molar-refractivity contribution in [3.8, 4) is 5.75 Å². The number of ether oxygens (including phenoxy) is 1. The Morgan fingerprint density at radius 3 is 2.31 bits per heavy atom. The molecule has 0 atom stereocenters. The minimum absolute atomic E-state index is 0.0491. The zero-order chi connectivity index (χ0) is 22.8. The smallest absolute Gasteiger partial charge is 0.312 e. The van der Waals surface area contributed by atoms with Gasteiger partial charge in [0.05, 0.1) is 17.5 Å². The van der Waals surface area contributed by atoms with Gasteiger partial charge in [0, 0.05) is 28.1 Å². The molecule has 0 saturated carbocycles. The van der Waals surface area contributed by atoms with Crippen LogP contribution < -0.4 is 10.1 Å². The van der Waals surface area contributed by atoms with Crippen LogP contribution in [-0.2, 0) is 4.79 Å². The number of hydrogen-bond acceptors (Lipinski definition) is 7. The van der Waals surface area contributed by atoms with Crippen LogP contribution in [0.3, 0.4) is 0 Å². The third-order valence-electron chi connectivity index (χ3n) is 4.80. The second-order valence-electron chi connectivity index (χ2n) is 7.30. The Balaban J connectivity index is 1.33. The molecule has 1 aliphatic heterocycles. The summed E-state index contributed by atoms with van der Waals surface area (Å²) >= 11 is 3.29. The molecule has 32 heavy (non-hydrogen) atoms. The Kier molecular flexibility index (Phi) is 6.00. The predicted molar refractivity (Wildman–Crippen MR) is 121 cm³/mol. The summed E-state index contributed by atoms with van der Waals surface area (Å²) in [6.07, 6.45) is -0.108. The zero-order valence-corrected chi connectivity index (χ0v) is 19.0. The van der Waals surface area contributed by atoms with Crippen molar-refractivity contribution in [2.75, 3.05) is 11.9 Å². The van der Waals surface area contributed by atoms with Gasteiger partial charge in [-0.05, 0) is 62.4 Å². The van der Waals surface area contributed by atoms with Crippen molar-refractivity contribution in [2.24, 2.45) is 0 Å². The molecule has 1 N–H and O–H groups in total. The fourth-order valence-electron chi connectivity index (χ4n) is 3.37. The number of hydrogen-bond donors (Lipinski definition) is 1. The van der Waals surface area contributed by atoms with Gasteiger partial charge in [-0.1, -0.05) is 15.9 Å². The molecule has 0 bridgehead atoms. The van der Waals surface area contributed by atoms with E-state index in [2.05, 4.69) is 31.2 Å². The van der Waals surface area contributed by atoms with E-state index in [9.17, 15) is 14.4 Å². The van der Waals surface area contributed by atoms with Crippen molar-refractivity contribution in [2.45, 2.75) is 20.3 Å². The Hall–Kier alpha value is -3.59. The van der Waals surface area contributed by atoms with Crippen molar-refractivity contribution in [1.82, 2.24) is 14.9 Å². The molecular weight excluding hydrogens is 476 g/mol. The summed E-state index contributed by atoms with van der Waals surface area (Å²) in [5.41, 5.74) is 3.12. The van der Waals surface area contributed by atoms with Gasteiger partial charge in [-0.3, -0.25) is 19.3 Å². The first-order valence-corrected chi connectivity index (χ1v) is 10.7. The summed E-state index contributed by atoms with van der Waals surface area (Å²) in [7, 11) is 0. The molecule has 0 unspecified atom stereocenters. The SMILES string of the molecule is Cc1cc(C)nc(Nc2ccc(OC(=O)CCN3C(=O)c4ccc(Br)cc4C3=O)cc2)n1. The summed E-state index contributed by atoms with van der Waals surface area (Å²) in [5.74, 6) is -0.521. The predicted octanol–water partition coefficient (Wildman–Crippen LogP) is 4.19. The van der Waals surface area contributed by atoms with Crippen LogP contribution in [0.5, 0.6) is 5.75 Å². The number of rotatable bonds is 6. The van der Waals surface area contributed by atoms with Crippen molar-refractivity contribution >= 4 is 45.3 Å². The summed E-state index contributed by atoms with van der Waals surface area (Å²) in [5, 5.41) is 3.10. The number of esters is 1. The highest BCUT2D eigenvalue weighted by Crippen LogP contribution is 2.26. The first-order chi connectivity index (χ1) is 15.3. The van der Waals surface area contributed by atoms with E-state index >= 15 is 0 Å². The number of aromatic nitrogens is 2. The van der Waals surface area contributed by atoms with Gasteiger partial charge in [0.2, 0.25) is 5.95 Å². The molecule has 0 spiro atoms. The fraction of sp³-hybridized carbons (Fsp3) is 0.174. The van der Waals surface area contributed by atoms with Gasteiger partial charge >= 0.3 is 5.97 Å². The topological polar surface area (TPSA) is 101 Å². The number of nitrogens with one attached hydrogen (secondary N) is 1. The van der Waals surface area contributed by atoms with E-state index in [-0.39, 0.29) is 13.0 Å². The number of carbonyl (C=O) groups is 3. The van der Waals surface area contributed by atoms with Crippen LogP contribution in [0.15, 0.2) is 53.0 Å². The van der Waals surface area contributed by atoms with Gasteiger partial charge in [-0.2, -0.15) is 0 Å². The monoisotopic (exact) mass is 494 g/mol. The maximum Gasteiger partial charge on any atom is 0.312 e. The van der Waals surface area contributed by atoms with Crippen LogP contribution in [0.1, 0.15) is 38.5 Å². The molecule has 2 amide bonds. The van der Waals surface area contributed by atoms with Crippen molar-refractivity contribution in [3.05, 3.63) is 75.5 Å². The lowest BCUT2D eigenvalue weighted by molar-refractivity contribution is -0.134. The van der Waals surface area contributed by atoms with Crippen LogP contribution in [0.4, 0.5) is 11.6 Å². The van der Waals surface area contributed by atoms with Crippen LogP contribution >= 0.6 is 15.9 Å². The summed E-state index contributed by atoms with van der Waals surface area (Å²) in [6, 6.07) is 13.5. The molecule has 1 aromatic heterocycles. The maximum atomic E-state index is 12.5. The van der Waals surface area contributed by atoms with Gasteiger partial charge in [-0.25, -0.2) is 9.97 Å². The molecule has 9 heteroatoms. The number of aryl methyl sites for hydroxylation is 2. The van der Waals surface area contributed by atoms with E-state index in [0.717, 1.165) is 22.0 Å². The maximum absolute atomic E-state index is 12.5. The van der Waals surface area contributed by atoms with Crippen LogP contribution in [0.25, 0.3) is 0 Å². The Morgan fingerprint density at radius 1 is 0.969 bits per heavy atom. The number of fused-ring (bicyclic) bond motifs is 1. The minimum atomic E-state index is -0.541. The highest BCUT2D eigenvalue weighted by molar-refractivity contribution is 9.10. The average Bonchev–Trinajstić information content (AvgIpc) is 2.96. The number of anilines is 2. The van der Waals surface area contributed by atoms with Crippen LogP contribution in [-0.4, -0.2) is 39.2 Å². The Morgan fingerprint density at radius 2 is 1.62 bits per heavy atom. The molecule has 4 rings (SSSR count). The Bertz CT molecular complexity index is 1210. The number of benzene rings is 2. The van der Waals surface area contributed by atoms with Crippen molar-refractivity contribution < 1.29 is 19.1 Å². The molecule has 0 aliphatic carbocycles. The molecule has 0 saturated heterocycles. The summed E-state index contributed by atoms with van der Waals surface area (Å²) < 4.78 is 6.04. The van der Waals surface area contributed by atoms with Gasteiger partial charge in [-0.15, -0.1) is 0 Å².